The lowest BCUT2D eigenvalue weighted by atomic mass is 9.99. The third-order valence-electron chi connectivity index (χ3n) is 2.33. The molecule has 3 heteroatoms. The number of ketones is 1. The average Bonchev–Trinajstić information content (AvgIpc) is 2.17. The first kappa shape index (κ1) is 11.7. The number of benzene rings is 1. The Hall–Kier alpha value is -1.35. The van der Waals surface area contributed by atoms with Crippen LogP contribution >= 0.6 is 0 Å². The van der Waals surface area contributed by atoms with Gasteiger partial charge in [-0.1, -0.05) is 19.9 Å². The Bertz CT molecular complexity index is 359. The summed E-state index contributed by atoms with van der Waals surface area (Å²) in [4.78, 5) is 11.5. The Balaban J connectivity index is 2.98. The maximum absolute atomic E-state index is 11.5. The van der Waals surface area contributed by atoms with Gasteiger partial charge in [0.25, 0.3) is 0 Å². The Morgan fingerprint density at radius 3 is 2.60 bits per heavy atom. The molecular weight excluding hydrogens is 190 g/mol. The predicted octanol–water partition coefficient (Wildman–Crippen LogP) is 1.92. The van der Waals surface area contributed by atoms with Crippen LogP contribution in [-0.4, -0.2) is 24.5 Å². The fourth-order valence-corrected chi connectivity index (χ4v) is 1.40. The first-order valence-electron chi connectivity index (χ1n) is 5.07. The number of phenolic OH excluding ortho intramolecular Hbond substituents is 1. The summed E-state index contributed by atoms with van der Waals surface area (Å²) >= 11 is 0. The van der Waals surface area contributed by atoms with E-state index in [0.29, 0.717) is 11.5 Å². The summed E-state index contributed by atoms with van der Waals surface area (Å²) < 4.78 is 0. The largest absolute Gasteiger partial charge is 0.507 e. The number of hydrogen-bond donors (Lipinski definition) is 2. The molecule has 0 bridgehead atoms. The van der Waals surface area contributed by atoms with Crippen molar-refractivity contribution < 1.29 is 9.90 Å². The molecule has 1 aromatic rings. The second-order valence-corrected chi connectivity index (χ2v) is 3.88. The van der Waals surface area contributed by atoms with E-state index in [1.165, 1.54) is 0 Å². The summed E-state index contributed by atoms with van der Waals surface area (Å²) in [5, 5.41) is 12.5. The number of phenols is 1. The second-order valence-electron chi connectivity index (χ2n) is 3.88. The highest BCUT2D eigenvalue weighted by molar-refractivity contribution is 6.00. The van der Waals surface area contributed by atoms with Gasteiger partial charge in [-0.2, -0.15) is 0 Å². The SMILES string of the molecule is CNCC(=O)c1ccc(C(C)C)cc1O. The fourth-order valence-electron chi connectivity index (χ4n) is 1.40. The van der Waals surface area contributed by atoms with Crippen molar-refractivity contribution in [1.29, 1.82) is 0 Å². The van der Waals surface area contributed by atoms with Crippen LogP contribution in [0, 0.1) is 0 Å². The monoisotopic (exact) mass is 207 g/mol. The van der Waals surface area contributed by atoms with Crippen LogP contribution in [0.1, 0.15) is 35.7 Å². The molecule has 0 aliphatic carbocycles. The van der Waals surface area contributed by atoms with Crippen molar-refractivity contribution in [1.82, 2.24) is 5.32 Å². The lowest BCUT2D eigenvalue weighted by molar-refractivity contribution is 0.0991. The molecule has 0 aliphatic heterocycles. The molecule has 0 saturated heterocycles. The Morgan fingerprint density at radius 2 is 2.13 bits per heavy atom. The minimum atomic E-state index is -0.0923. The summed E-state index contributed by atoms with van der Waals surface area (Å²) in [6.45, 7) is 4.34. The standard InChI is InChI=1S/C12H17NO2/c1-8(2)9-4-5-10(11(14)6-9)12(15)7-13-3/h4-6,8,13-14H,7H2,1-3H3. The van der Waals surface area contributed by atoms with Crippen LogP contribution in [-0.2, 0) is 0 Å². The number of carbonyl (C=O) groups is 1. The molecule has 2 N–H and O–H groups in total. The minimum absolute atomic E-state index is 0.0708. The summed E-state index contributed by atoms with van der Waals surface area (Å²) in [7, 11) is 1.71. The zero-order valence-corrected chi connectivity index (χ0v) is 9.37. The van der Waals surface area contributed by atoms with Crippen molar-refractivity contribution in [3.63, 3.8) is 0 Å². The number of carbonyl (C=O) groups excluding carboxylic acids is 1. The van der Waals surface area contributed by atoms with Gasteiger partial charge in [-0.3, -0.25) is 4.79 Å². The zero-order chi connectivity index (χ0) is 11.4. The highest BCUT2D eigenvalue weighted by Crippen LogP contribution is 2.23. The number of likely N-dealkylation sites (N-methyl/N-ethyl adjacent to an activating group) is 1. The van der Waals surface area contributed by atoms with E-state index in [9.17, 15) is 9.90 Å². The van der Waals surface area contributed by atoms with Crippen molar-refractivity contribution in [2.75, 3.05) is 13.6 Å². The second kappa shape index (κ2) is 4.94. The molecule has 0 heterocycles. The average molecular weight is 207 g/mol. The van der Waals surface area contributed by atoms with E-state index < -0.39 is 0 Å². The van der Waals surface area contributed by atoms with E-state index >= 15 is 0 Å². The van der Waals surface area contributed by atoms with E-state index in [4.69, 9.17) is 0 Å². The van der Waals surface area contributed by atoms with Gasteiger partial charge in [-0.25, -0.2) is 0 Å². The quantitative estimate of drug-likeness (QED) is 0.741. The highest BCUT2D eigenvalue weighted by atomic mass is 16.3. The Labute approximate surface area is 90.1 Å². The first-order chi connectivity index (χ1) is 7.06. The molecule has 0 fully saturated rings. The summed E-state index contributed by atoms with van der Waals surface area (Å²) in [5.41, 5.74) is 1.42. The molecular formula is C12H17NO2. The van der Waals surface area contributed by atoms with Crippen LogP contribution in [0.5, 0.6) is 5.75 Å². The predicted molar refractivity (Wildman–Crippen MR) is 60.5 cm³/mol. The van der Waals surface area contributed by atoms with E-state index in [-0.39, 0.29) is 18.1 Å². The van der Waals surface area contributed by atoms with Gasteiger partial charge in [0.1, 0.15) is 5.75 Å². The fraction of sp³-hybridized carbons (Fsp3) is 0.417. The molecule has 0 radical (unpaired) electrons. The Morgan fingerprint density at radius 1 is 1.47 bits per heavy atom. The lowest BCUT2D eigenvalue weighted by Gasteiger charge is -2.08. The number of Topliss-reactive ketones (excluding diaryl/α,β-unsaturated/α-hetero) is 1. The van der Waals surface area contributed by atoms with Gasteiger partial charge in [0.05, 0.1) is 12.1 Å². The molecule has 0 unspecified atom stereocenters. The molecule has 3 nitrogen and oxygen atoms in total. The smallest absolute Gasteiger partial charge is 0.180 e. The molecule has 0 spiro atoms. The highest BCUT2D eigenvalue weighted by Gasteiger charge is 2.11. The van der Waals surface area contributed by atoms with Gasteiger partial charge in [0, 0.05) is 0 Å². The molecule has 15 heavy (non-hydrogen) atoms. The molecule has 1 rings (SSSR count). The van der Waals surface area contributed by atoms with Gasteiger partial charge < -0.3 is 10.4 Å². The molecule has 0 amide bonds. The van der Waals surface area contributed by atoms with Crippen LogP contribution in [0.25, 0.3) is 0 Å². The number of hydrogen-bond acceptors (Lipinski definition) is 3. The number of nitrogens with one attached hydrogen (secondary N) is 1. The molecule has 0 aromatic heterocycles. The van der Waals surface area contributed by atoms with Crippen molar-refractivity contribution in [3.8, 4) is 5.75 Å². The van der Waals surface area contributed by atoms with Gasteiger partial charge in [0.15, 0.2) is 5.78 Å². The van der Waals surface area contributed by atoms with Crippen molar-refractivity contribution in [2.45, 2.75) is 19.8 Å². The van der Waals surface area contributed by atoms with Crippen LogP contribution in [0.3, 0.4) is 0 Å². The lowest BCUT2D eigenvalue weighted by Crippen LogP contribution is -2.18. The maximum atomic E-state index is 11.5. The summed E-state index contributed by atoms with van der Waals surface area (Å²) in [6, 6.07) is 5.23. The van der Waals surface area contributed by atoms with Gasteiger partial charge in [-0.05, 0) is 30.7 Å². The molecule has 1 aromatic carbocycles. The van der Waals surface area contributed by atoms with Gasteiger partial charge in [0.2, 0.25) is 0 Å². The van der Waals surface area contributed by atoms with E-state index in [2.05, 4.69) is 5.32 Å². The first-order valence-corrected chi connectivity index (χ1v) is 5.07. The van der Waals surface area contributed by atoms with Crippen molar-refractivity contribution in [2.24, 2.45) is 0 Å². The van der Waals surface area contributed by atoms with Gasteiger partial charge >= 0.3 is 0 Å². The molecule has 0 atom stereocenters. The van der Waals surface area contributed by atoms with E-state index in [1.54, 1.807) is 19.2 Å². The van der Waals surface area contributed by atoms with Crippen LogP contribution < -0.4 is 5.32 Å². The number of aromatic hydroxyl groups is 1. The normalized spacial score (nSPS) is 10.7. The third kappa shape index (κ3) is 2.80. The van der Waals surface area contributed by atoms with Crippen LogP contribution in [0.15, 0.2) is 18.2 Å². The van der Waals surface area contributed by atoms with Crippen LogP contribution in [0.4, 0.5) is 0 Å². The molecule has 82 valence electrons. The van der Waals surface area contributed by atoms with Crippen LogP contribution in [0.2, 0.25) is 0 Å². The topological polar surface area (TPSA) is 49.3 Å². The van der Waals surface area contributed by atoms with Crippen molar-refractivity contribution >= 4 is 5.78 Å². The Kier molecular flexibility index (Phi) is 3.86. The minimum Gasteiger partial charge on any atom is -0.507 e. The van der Waals surface area contributed by atoms with E-state index in [1.807, 2.05) is 19.9 Å². The van der Waals surface area contributed by atoms with Gasteiger partial charge in [-0.15, -0.1) is 0 Å². The zero-order valence-electron chi connectivity index (χ0n) is 9.37. The van der Waals surface area contributed by atoms with E-state index in [0.717, 1.165) is 5.56 Å². The molecule has 0 aliphatic rings. The summed E-state index contributed by atoms with van der Waals surface area (Å²) in [6.07, 6.45) is 0. The molecule has 0 saturated carbocycles. The summed E-state index contributed by atoms with van der Waals surface area (Å²) in [5.74, 6) is 0.330. The number of rotatable bonds is 4. The van der Waals surface area contributed by atoms with Crippen molar-refractivity contribution in [3.05, 3.63) is 29.3 Å². The maximum Gasteiger partial charge on any atom is 0.180 e. The third-order valence-corrected chi connectivity index (χ3v) is 2.33.